The first-order valence-electron chi connectivity index (χ1n) is 4.01. The highest BCUT2D eigenvalue weighted by Crippen LogP contribution is 1.96. The van der Waals surface area contributed by atoms with E-state index in [9.17, 15) is 4.79 Å². The van der Waals surface area contributed by atoms with E-state index < -0.39 is 5.91 Å². The van der Waals surface area contributed by atoms with Crippen LogP contribution in [0.4, 0.5) is 0 Å². The van der Waals surface area contributed by atoms with E-state index >= 15 is 0 Å². The van der Waals surface area contributed by atoms with Gasteiger partial charge in [0.25, 0.3) is 0 Å². The van der Waals surface area contributed by atoms with Crippen LogP contribution in [0.25, 0.3) is 0 Å². The summed E-state index contributed by atoms with van der Waals surface area (Å²) in [4.78, 5) is 15.3. The quantitative estimate of drug-likeness (QED) is 0.685. The van der Waals surface area contributed by atoms with E-state index in [-0.39, 0.29) is 0 Å². The highest BCUT2D eigenvalue weighted by Gasteiger charge is 2.06. The van der Waals surface area contributed by atoms with Gasteiger partial charge in [-0.3, -0.25) is 4.79 Å². The van der Waals surface area contributed by atoms with Gasteiger partial charge in [-0.05, 0) is 12.1 Å². The number of aromatic nitrogens is 1. The highest BCUT2D eigenvalue weighted by atomic mass is 16.2. The van der Waals surface area contributed by atoms with E-state index in [0.717, 1.165) is 12.1 Å². The van der Waals surface area contributed by atoms with Crippen LogP contribution in [0.3, 0.4) is 0 Å². The summed E-state index contributed by atoms with van der Waals surface area (Å²) in [6, 6.07) is 5.42. The molecule has 0 saturated carbocycles. The molecule has 0 aliphatic carbocycles. The molecular weight excluding hydrogens is 166 g/mol. The van der Waals surface area contributed by atoms with Crippen LogP contribution < -0.4 is 0 Å². The molecule has 1 amide bonds. The lowest BCUT2D eigenvalue weighted by Crippen LogP contribution is -2.27. The molecule has 0 aliphatic rings. The number of H-pyrrole nitrogens is 1. The fourth-order valence-electron chi connectivity index (χ4n) is 0.998. The normalized spacial score (nSPS) is 9.23. The van der Waals surface area contributed by atoms with Crippen molar-refractivity contribution in [2.75, 3.05) is 13.6 Å². The number of amides is 1. The summed E-state index contributed by atoms with van der Waals surface area (Å²) in [6.07, 6.45) is 2.58. The number of carbonyl (C=O) groups excluding carboxylic acids is 1. The van der Waals surface area contributed by atoms with Crippen LogP contribution in [0.1, 0.15) is 5.69 Å². The van der Waals surface area contributed by atoms with Crippen molar-refractivity contribution in [3.05, 3.63) is 24.0 Å². The van der Waals surface area contributed by atoms with Crippen LogP contribution in [0.5, 0.6) is 0 Å². The molecule has 1 rings (SSSR count). The number of rotatable bonds is 3. The van der Waals surface area contributed by atoms with Crippen LogP contribution in [-0.4, -0.2) is 29.4 Å². The van der Waals surface area contributed by atoms with Crippen molar-refractivity contribution in [1.82, 2.24) is 9.88 Å². The van der Waals surface area contributed by atoms with Crippen LogP contribution >= 0.6 is 0 Å². The smallest absolute Gasteiger partial charge is 0.324 e. The summed E-state index contributed by atoms with van der Waals surface area (Å²) in [5, 5.41) is 8.31. The zero-order valence-corrected chi connectivity index (χ0v) is 7.45. The Hall–Kier alpha value is -1.76. The maximum absolute atomic E-state index is 10.8. The zero-order valence-electron chi connectivity index (χ0n) is 7.45. The Morgan fingerprint density at radius 2 is 2.54 bits per heavy atom. The second kappa shape index (κ2) is 4.31. The Balaban J connectivity index is 2.36. The van der Waals surface area contributed by atoms with E-state index in [1.807, 2.05) is 18.3 Å². The molecular formula is C9H11N3O. The van der Waals surface area contributed by atoms with Crippen LogP contribution in [0.15, 0.2) is 18.3 Å². The number of hydrogen-bond donors (Lipinski definition) is 1. The van der Waals surface area contributed by atoms with E-state index in [4.69, 9.17) is 5.26 Å². The van der Waals surface area contributed by atoms with Gasteiger partial charge in [-0.2, -0.15) is 5.26 Å². The van der Waals surface area contributed by atoms with Gasteiger partial charge in [0.05, 0.1) is 0 Å². The molecule has 4 nitrogen and oxygen atoms in total. The Kier molecular flexibility index (Phi) is 3.09. The van der Waals surface area contributed by atoms with Crippen molar-refractivity contribution in [3.63, 3.8) is 0 Å². The van der Waals surface area contributed by atoms with Gasteiger partial charge in [-0.1, -0.05) is 0 Å². The van der Waals surface area contributed by atoms with E-state index in [1.165, 1.54) is 4.90 Å². The van der Waals surface area contributed by atoms with Gasteiger partial charge in [0.1, 0.15) is 0 Å². The van der Waals surface area contributed by atoms with Crippen molar-refractivity contribution in [2.24, 2.45) is 0 Å². The van der Waals surface area contributed by atoms with Crippen LogP contribution in [0, 0.1) is 11.3 Å². The Bertz CT molecular complexity index is 310. The van der Waals surface area contributed by atoms with Gasteiger partial charge >= 0.3 is 5.91 Å². The molecule has 1 N–H and O–H groups in total. The molecule has 0 aromatic carbocycles. The number of hydrogen-bond acceptors (Lipinski definition) is 2. The summed E-state index contributed by atoms with van der Waals surface area (Å²) in [5.74, 6) is -0.494. The van der Waals surface area contributed by atoms with Gasteiger partial charge < -0.3 is 9.88 Å². The largest absolute Gasteiger partial charge is 0.365 e. The second-order valence-electron chi connectivity index (χ2n) is 2.78. The van der Waals surface area contributed by atoms with Crippen molar-refractivity contribution in [2.45, 2.75) is 6.42 Å². The number of carbonyl (C=O) groups is 1. The van der Waals surface area contributed by atoms with E-state index in [2.05, 4.69) is 4.98 Å². The summed E-state index contributed by atoms with van der Waals surface area (Å²) in [6.45, 7) is 0.562. The number of nitrogens with one attached hydrogen (secondary N) is 1. The molecule has 0 spiro atoms. The molecule has 13 heavy (non-hydrogen) atoms. The van der Waals surface area contributed by atoms with Crippen molar-refractivity contribution >= 4 is 5.91 Å². The summed E-state index contributed by atoms with van der Waals surface area (Å²) < 4.78 is 0. The third-order valence-electron chi connectivity index (χ3n) is 1.82. The minimum atomic E-state index is -0.494. The van der Waals surface area contributed by atoms with Crippen molar-refractivity contribution < 1.29 is 4.79 Å². The van der Waals surface area contributed by atoms with E-state index in [0.29, 0.717) is 6.54 Å². The van der Waals surface area contributed by atoms with Gasteiger partial charge in [-0.25, -0.2) is 0 Å². The molecule has 0 radical (unpaired) electrons. The molecule has 0 fully saturated rings. The second-order valence-corrected chi connectivity index (χ2v) is 2.78. The third-order valence-corrected chi connectivity index (χ3v) is 1.82. The topological polar surface area (TPSA) is 59.9 Å². The molecule has 0 aliphatic heterocycles. The SMILES string of the molecule is CN(CCc1ccc[nH]1)C(=O)C#N. The van der Waals surface area contributed by atoms with E-state index in [1.54, 1.807) is 13.1 Å². The predicted octanol–water partition coefficient (Wildman–Crippen LogP) is 0.539. The molecule has 1 heterocycles. The Labute approximate surface area is 76.8 Å². The average Bonchev–Trinajstić information content (AvgIpc) is 2.65. The van der Waals surface area contributed by atoms with Gasteiger partial charge in [0, 0.05) is 31.9 Å². The number of nitriles is 1. The number of likely N-dealkylation sites (N-methyl/N-ethyl adjacent to an activating group) is 1. The summed E-state index contributed by atoms with van der Waals surface area (Å²) >= 11 is 0. The maximum Gasteiger partial charge on any atom is 0.324 e. The Morgan fingerprint density at radius 3 is 3.08 bits per heavy atom. The van der Waals surface area contributed by atoms with Crippen LogP contribution in [-0.2, 0) is 11.2 Å². The summed E-state index contributed by atoms with van der Waals surface area (Å²) in [7, 11) is 1.62. The van der Waals surface area contributed by atoms with Crippen molar-refractivity contribution in [1.29, 1.82) is 5.26 Å². The predicted molar refractivity (Wildman–Crippen MR) is 47.7 cm³/mol. The molecule has 1 aromatic heterocycles. The molecule has 0 atom stereocenters. The first-order valence-corrected chi connectivity index (χ1v) is 4.01. The van der Waals surface area contributed by atoms with Crippen LogP contribution in [0.2, 0.25) is 0 Å². The number of aromatic amines is 1. The molecule has 0 unspecified atom stereocenters. The molecule has 4 heteroatoms. The fraction of sp³-hybridized carbons (Fsp3) is 0.333. The fourth-order valence-corrected chi connectivity index (χ4v) is 0.998. The molecule has 0 bridgehead atoms. The maximum atomic E-state index is 10.8. The highest BCUT2D eigenvalue weighted by molar-refractivity contribution is 5.90. The standard InChI is InChI=1S/C9H11N3O/c1-12(9(13)7-10)6-4-8-3-2-5-11-8/h2-3,5,11H,4,6H2,1H3. The molecule has 1 aromatic rings. The average molecular weight is 177 g/mol. The molecule has 0 saturated heterocycles. The monoisotopic (exact) mass is 177 g/mol. The number of nitrogens with zero attached hydrogens (tertiary/aromatic N) is 2. The van der Waals surface area contributed by atoms with Gasteiger partial charge in [0.2, 0.25) is 0 Å². The minimum absolute atomic E-state index is 0.494. The van der Waals surface area contributed by atoms with Gasteiger partial charge in [-0.15, -0.1) is 0 Å². The zero-order chi connectivity index (χ0) is 9.68. The van der Waals surface area contributed by atoms with Gasteiger partial charge in [0.15, 0.2) is 6.07 Å². The minimum Gasteiger partial charge on any atom is -0.365 e. The Morgan fingerprint density at radius 1 is 1.77 bits per heavy atom. The molecule has 68 valence electrons. The lowest BCUT2D eigenvalue weighted by molar-refractivity contribution is -0.124. The first kappa shape index (κ1) is 9.33. The van der Waals surface area contributed by atoms with Crippen molar-refractivity contribution in [3.8, 4) is 6.07 Å². The lowest BCUT2D eigenvalue weighted by Gasteiger charge is -2.11. The summed E-state index contributed by atoms with van der Waals surface area (Å²) in [5.41, 5.74) is 1.07. The lowest BCUT2D eigenvalue weighted by atomic mass is 10.3. The third kappa shape index (κ3) is 2.64. The first-order chi connectivity index (χ1) is 6.24.